The number of amides is 3. The van der Waals surface area contributed by atoms with E-state index in [1.54, 1.807) is 75.4 Å². The summed E-state index contributed by atoms with van der Waals surface area (Å²) >= 11 is 0. The quantitative estimate of drug-likeness (QED) is 0.0171. The smallest absolute Gasteiger partial charge is 0.412 e. The molecule has 10 rings (SSSR count). The van der Waals surface area contributed by atoms with Crippen LogP contribution in [-0.4, -0.2) is 137 Å². The van der Waals surface area contributed by atoms with Crippen molar-refractivity contribution in [3.63, 3.8) is 0 Å². The number of anilines is 8. The number of nitrogen functional groups attached to an aromatic ring is 1. The SMILES string of the molecule is CCOC(=O)c1ccc(NC2CCCCC2)c(NC(=O)OC)c1.CCOC(=O)c1ccc(NC2CCCCC2)c(NC(=O)OCc2ccccc2)c1.CCOC(=O)c1ccc(NC2CCCCC2)c(NC(C)=O)c1.Nc1cc(C(=O)OCCN2CCOCC2)ccc1NC1CCCCC1. The molecule has 1 heterocycles. The molecular formula is C76H105N9O14. The average molecular weight is 1370 g/mol. The Morgan fingerprint density at radius 1 is 0.434 bits per heavy atom. The van der Waals surface area contributed by atoms with Crippen molar-refractivity contribution in [3.8, 4) is 0 Å². The maximum atomic E-state index is 12.4. The molecule has 538 valence electrons. The Morgan fingerprint density at radius 3 is 1.18 bits per heavy atom. The predicted molar refractivity (Wildman–Crippen MR) is 388 cm³/mol. The standard InChI is InChI=1S/C23H28N2O4.C19H29N3O3.C17H24N2O4.C17H24N2O3/c1-2-28-22(26)18-13-14-20(24-19-11-7-4-8-12-19)21(15-18)25-23(27)29-16-17-9-5-3-6-10-17;20-17-14-15(6-7-18(17)21-16-4-2-1-3-5-16)19(23)25-13-10-22-8-11-24-12-9-22;1-3-23-16(20)12-9-10-14(15(11-12)19-17(21)22-2)18-13-7-5-4-6-8-13;1-3-22-17(21)13-9-10-15(16(11-13)18-12(2)20)19-14-7-5-4-6-8-14/h3,5-6,9-10,13-15,19,24H,2,4,7-8,11-12,16H2,1H3,(H,25,27);6-7,14,16,21H,1-5,8-13,20H2;9-11,13,18H,3-8H2,1-2H3,(H,19,21);9-11,14,19H,3-8H2,1-2H3,(H,18,20). The maximum absolute atomic E-state index is 12.4. The molecule has 23 nitrogen and oxygen atoms in total. The molecule has 5 fully saturated rings. The van der Waals surface area contributed by atoms with E-state index in [9.17, 15) is 33.6 Å². The van der Waals surface area contributed by atoms with Gasteiger partial charge in [0.1, 0.15) is 13.2 Å². The number of morpholine rings is 1. The van der Waals surface area contributed by atoms with Crippen molar-refractivity contribution in [2.45, 2.75) is 187 Å². The van der Waals surface area contributed by atoms with Crippen LogP contribution in [0.2, 0.25) is 0 Å². The number of carbonyl (C=O) groups is 7. The van der Waals surface area contributed by atoms with Gasteiger partial charge in [0, 0.05) is 50.7 Å². The highest BCUT2D eigenvalue weighted by Gasteiger charge is 2.23. The highest BCUT2D eigenvalue weighted by atomic mass is 16.6. The van der Waals surface area contributed by atoms with Crippen LogP contribution in [0.5, 0.6) is 0 Å². The molecule has 5 aliphatic rings. The number of methoxy groups -OCH3 is 1. The Hall–Kier alpha value is -9.09. The minimum Gasteiger partial charge on any atom is -0.462 e. The van der Waals surface area contributed by atoms with Crippen LogP contribution >= 0.6 is 0 Å². The van der Waals surface area contributed by atoms with Crippen molar-refractivity contribution in [1.29, 1.82) is 0 Å². The molecule has 23 heteroatoms. The number of hydrogen-bond donors (Lipinski definition) is 8. The predicted octanol–water partition coefficient (Wildman–Crippen LogP) is 15.2. The van der Waals surface area contributed by atoms with Gasteiger partial charge in [0.2, 0.25) is 5.91 Å². The van der Waals surface area contributed by atoms with E-state index in [1.807, 2.05) is 48.5 Å². The second kappa shape index (κ2) is 42.7. The van der Waals surface area contributed by atoms with Gasteiger partial charge in [-0.25, -0.2) is 28.8 Å². The molecule has 0 aromatic heterocycles. The first-order valence-electron chi connectivity index (χ1n) is 35.6. The summed E-state index contributed by atoms with van der Waals surface area (Å²) in [5.41, 5.74) is 14.4. The first-order valence-corrected chi connectivity index (χ1v) is 35.6. The lowest BCUT2D eigenvalue weighted by atomic mass is 9.95. The summed E-state index contributed by atoms with van der Waals surface area (Å²) in [5, 5.41) is 22.2. The normalized spacial score (nSPS) is 15.9. The molecule has 0 bridgehead atoms. The highest BCUT2D eigenvalue weighted by molar-refractivity contribution is 5.99. The van der Waals surface area contributed by atoms with Gasteiger partial charge in [0.05, 0.1) is 108 Å². The minimum atomic E-state index is -0.572. The van der Waals surface area contributed by atoms with Gasteiger partial charge in [-0.15, -0.1) is 0 Å². The first kappa shape index (κ1) is 77.3. The van der Waals surface area contributed by atoms with Crippen LogP contribution in [0.25, 0.3) is 0 Å². The molecule has 0 radical (unpaired) electrons. The van der Waals surface area contributed by atoms with Crippen LogP contribution in [0.1, 0.15) is 203 Å². The van der Waals surface area contributed by atoms with E-state index in [-0.39, 0.29) is 24.5 Å². The third-order valence-electron chi connectivity index (χ3n) is 17.7. The van der Waals surface area contributed by atoms with Crippen LogP contribution in [0.4, 0.5) is 55.1 Å². The number of carbonyl (C=O) groups excluding carboxylic acids is 7. The second-order valence-corrected chi connectivity index (χ2v) is 25.2. The lowest BCUT2D eigenvalue weighted by Crippen LogP contribution is -2.38. The van der Waals surface area contributed by atoms with E-state index >= 15 is 0 Å². The van der Waals surface area contributed by atoms with Gasteiger partial charge in [-0.05, 0) is 150 Å². The Bertz CT molecular complexity index is 3340. The number of esters is 4. The zero-order valence-corrected chi connectivity index (χ0v) is 58.6. The molecule has 0 unspecified atom stereocenters. The van der Waals surface area contributed by atoms with E-state index in [4.69, 9.17) is 34.2 Å². The summed E-state index contributed by atoms with van der Waals surface area (Å²) in [6, 6.07) is 32.0. The zero-order chi connectivity index (χ0) is 70.6. The largest absolute Gasteiger partial charge is 0.462 e. The molecule has 3 amide bonds. The molecule has 1 saturated heterocycles. The molecule has 9 N–H and O–H groups in total. The fourth-order valence-corrected chi connectivity index (χ4v) is 12.4. The summed E-state index contributed by atoms with van der Waals surface area (Å²) in [7, 11) is 1.30. The second-order valence-electron chi connectivity index (χ2n) is 25.2. The third-order valence-corrected chi connectivity index (χ3v) is 17.7. The van der Waals surface area contributed by atoms with Crippen LogP contribution < -0.4 is 43.0 Å². The molecular weight excluding hydrogens is 1260 g/mol. The van der Waals surface area contributed by atoms with Gasteiger partial charge >= 0.3 is 36.1 Å². The lowest BCUT2D eigenvalue weighted by Gasteiger charge is -2.26. The van der Waals surface area contributed by atoms with Crippen molar-refractivity contribution in [2.24, 2.45) is 0 Å². The number of hydrogen-bond acceptors (Lipinski definition) is 20. The monoisotopic (exact) mass is 1370 g/mol. The average Bonchev–Trinajstić information content (AvgIpc) is 0.916. The van der Waals surface area contributed by atoms with Crippen molar-refractivity contribution < 1.29 is 66.7 Å². The molecule has 4 aliphatic carbocycles. The Morgan fingerprint density at radius 2 is 0.798 bits per heavy atom. The molecule has 5 aromatic rings. The highest BCUT2D eigenvalue weighted by Crippen LogP contribution is 2.33. The molecule has 99 heavy (non-hydrogen) atoms. The number of ether oxygens (including phenoxy) is 7. The number of rotatable bonds is 23. The molecule has 0 atom stereocenters. The number of benzene rings is 5. The summed E-state index contributed by atoms with van der Waals surface area (Å²) < 4.78 is 35.8. The fourth-order valence-electron chi connectivity index (χ4n) is 12.4. The van der Waals surface area contributed by atoms with E-state index in [0.29, 0.717) is 95.6 Å². The van der Waals surface area contributed by atoms with Gasteiger partial charge < -0.3 is 65.5 Å². The van der Waals surface area contributed by atoms with Crippen LogP contribution in [0, 0.1) is 0 Å². The van der Waals surface area contributed by atoms with Crippen molar-refractivity contribution in [3.05, 3.63) is 131 Å². The van der Waals surface area contributed by atoms with Gasteiger partial charge in [0.15, 0.2) is 0 Å². The van der Waals surface area contributed by atoms with E-state index < -0.39 is 24.1 Å². The summed E-state index contributed by atoms with van der Waals surface area (Å²) in [6.45, 7) is 12.3. The van der Waals surface area contributed by atoms with Gasteiger partial charge in [-0.3, -0.25) is 20.3 Å². The topological polar surface area (TPSA) is 298 Å². The maximum Gasteiger partial charge on any atom is 0.412 e. The van der Waals surface area contributed by atoms with Crippen LogP contribution in [0.15, 0.2) is 103 Å². The number of nitrogens with two attached hydrogens (primary N) is 1. The molecule has 5 aromatic carbocycles. The van der Waals surface area contributed by atoms with Gasteiger partial charge in [0.25, 0.3) is 0 Å². The molecule has 0 spiro atoms. The summed E-state index contributed by atoms with van der Waals surface area (Å²) in [5.74, 6) is -1.68. The van der Waals surface area contributed by atoms with Crippen LogP contribution in [-0.2, 0) is 44.6 Å². The van der Waals surface area contributed by atoms with Crippen molar-refractivity contribution >= 4 is 87.5 Å². The Kier molecular flexibility index (Phi) is 33.3. The Balaban J connectivity index is 0.000000187. The van der Waals surface area contributed by atoms with Crippen LogP contribution in [0.3, 0.4) is 0 Å². The zero-order valence-electron chi connectivity index (χ0n) is 58.6. The van der Waals surface area contributed by atoms with E-state index in [1.165, 1.54) is 104 Å². The number of nitrogens with zero attached hydrogens (tertiary/aromatic N) is 1. The molecule has 4 saturated carbocycles. The fraction of sp³-hybridized carbons (Fsp3) is 0.513. The summed E-state index contributed by atoms with van der Waals surface area (Å²) in [6.07, 6.45) is 22.9. The number of nitrogens with one attached hydrogen (secondary N) is 7. The molecule has 1 aliphatic heterocycles. The van der Waals surface area contributed by atoms with Crippen molar-refractivity contribution in [2.75, 3.05) is 109 Å². The van der Waals surface area contributed by atoms with Gasteiger partial charge in [-0.2, -0.15) is 0 Å². The Labute approximate surface area is 583 Å². The third kappa shape index (κ3) is 27.3. The van der Waals surface area contributed by atoms with Crippen molar-refractivity contribution in [1.82, 2.24) is 4.90 Å². The minimum absolute atomic E-state index is 0.160. The van der Waals surface area contributed by atoms with E-state index in [2.05, 4.69) is 46.9 Å². The van der Waals surface area contributed by atoms with Gasteiger partial charge in [-0.1, -0.05) is 107 Å². The lowest BCUT2D eigenvalue weighted by molar-refractivity contribution is -0.114. The van der Waals surface area contributed by atoms with E-state index in [0.717, 1.165) is 99.7 Å². The first-order chi connectivity index (χ1) is 48.1. The summed E-state index contributed by atoms with van der Waals surface area (Å²) in [4.78, 5) is 85.6.